The Labute approximate surface area is 125 Å². The van der Waals surface area contributed by atoms with Crippen molar-refractivity contribution in [1.29, 1.82) is 0 Å². The summed E-state index contributed by atoms with van der Waals surface area (Å²) in [7, 11) is 0. The van der Waals surface area contributed by atoms with Crippen LogP contribution in [0.5, 0.6) is 5.75 Å². The molecule has 1 aliphatic rings. The van der Waals surface area contributed by atoms with Gasteiger partial charge in [0, 0.05) is 6.54 Å². The summed E-state index contributed by atoms with van der Waals surface area (Å²) >= 11 is 6.47. The van der Waals surface area contributed by atoms with Crippen LogP contribution in [0.3, 0.4) is 0 Å². The zero-order valence-corrected chi connectivity index (χ0v) is 12.9. The van der Waals surface area contributed by atoms with Crippen molar-refractivity contribution < 1.29 is 9.53 Å². The summed E-state index contributed by atoms with van der Waals surface area (Å²) in [6, 6.07) is 5.74. The van der Waals surface area contributed by atoms with Crippen LogP contribution in [0.1, 0.15) is 31.7 Å². The van der Waals surface area contributed by atoms with Crippen molar-refractivity contribution in [3.05, 3.63) is 23.8 Å². The number of nitrogens with zero attached hydrogens (tertiary/aromatic N) is 1. The lowest BCUT2D eigenvalue weighted by atomic mass is 10.1. The van der Waals surface area contributed by atoms with E-state index in [2.05, 4.69) is 24.1 Å². The van der Waals surface area contributed by atoms with Crippen LogP contribution in [0.25, 0.3) is 0 Å². The Balaban J connectivity index is 2.14. The molecule has 0 saturated carbocycles. The molecule has 0 aliphatic carbocycles. The first-order chi connectivity index (χ1) is 9.55. The highest BCUT2D eigenvalue weighted by atomic mass is 35.5. The number of likely N-dealkylation sites (N-methyl/N-ethyl adjacent to an activating group) is 1. The van der Waals surface area contributed by atoms with Crippen LogP contribution >= 0.6 is 11.6 Å². The van der Waals surface area contributed by atoms with E-state index < -0.39 is 6.10 Å². The van der Waals surface area contributed by atoms with Crippen LogP contribution in [0.2, 0.25) is 0 Å². The highest BCUT2D eigenvalue weighted by Crippen LogP contribution is 2.34. The minimum atomic E-state index is -0.448. The number of fused-ring (bicyclic) bond motifs is 1. The van der Waals surface area contributed by atoms with E-state index in [4.69, 9.17) is 16.3 Å². The third-order valence-corrected chi connectivity index (χ3v) is 4.00. The average Bonchev–Trinajstić information content (AvgIpc) is 2.45. The van der Waals surface area contributed by atoms with Crippen LogP contribution in [0.15, 0.2) is 18.2 Å². The molecule has 0 aromatic heterocycles. The number of carbonyl (C=O) groups excluding carboxylic acids is 1. The number of halogens is 1. The molecule has 2 unspecified atom stereocenters. The number of ether oxygens (including phenoxy) is 1. The molecular weight excluding hydrogens is 276 g/mol. The Bertz CT molecular complexity index is 489. The van der Waals surface area contributed by atoms with Crippen LogP contribution in [-0.2, 0) is 4.79 Å². The van der Waals surface area contributed by atoms with E-state index >= 15 is 0 Å². The highest BCUT2D eigenvalue weighted by Gasteiger charge is 2.24. The van der Waals surface area contributed by atoms with Crippen molar-refractivity contribution in [2.45, 2.75) is 32.3 Å². The van der Waals surface area contributed by atoms with Crippen molar-refractivity contribution in [2.24, 2.45) is 0 Å². The molecule has 1 aromatic rings. The van der Waals surface area contributed by atoms with Crippen molar-refractivity contribution >= 4 is 23.2 Å². The first-order valence-electron chi connectivity index (χ1n) is 7.03. The molecular formula is C15H21ClN2O2. The lowest BCUT2D eigenvalue weighted by Gasteiger charge is -2.25. The predicted octanol–water partition coefficient (Wildman–Crippen LogP) is 3.03. The summed E-state index contributed by atoms with van der Waals surface area (Å²) in [4.78, 5) is 13.9. The SMILES string of the molecule is CCN(CC)CC(Cl)c1ccc2c(c1)NC(=O)C(C)O2. The number of hydrogen-bond acceptors (Lipinski definition) is 3. The molecule has 1 aliphatic heterocycles. The standard InChI is InChI=1S/C15H21ClN2O2/c1-4-18(5-2)9-12(16)11-6-7-14-13(8-11)17-15(19)10(3)20-14/h6-8,10,12H,4-5,9H2,1-3H3,(H,17,19). The van der Waals surface area contributed by atoms with Gasteiger partial charge < -0.3 is 15.0 Å². The van der Waals surface area contributed by atoms with Crippen molar-refractivity contribution in [3.8, 4) is 5.75 Å². The van der Waals surface area contributed by atoms with E-state index in [1.54, 1.807) is 6.92 Å². The van der Waals surface area contributed by atoms with Gasteiger partial charge in [-0.15, -0.1) is 11.6 Å². The van der Waals surface area contributed by atoms with E-state index in [-0.39, 0.29) is 11.3 Å². The van der Waals surface area contributed by atoms with Gasteiger partial charge in [0.15, 0.2) is 6.10 Å². The monoisotopic (exact) mass is 296 g/mol. The van der Waals surface area contributed by atoms with Gasteiger partial charge in [-0.1, -0.05) is 19.9 Å². The van der Waals surface area contributed by atoms with Gasteiger partial charge in [0.1, 0.15) is 5.75 Å². The molecule has 2 rings (SSSR count). The van der Waals surface area contributed by atoms with Gasteiger partial charge in [0.05, 0.1) is 11.1 Å². The number of hydrogen-bond donors (Lipinski definition) is 1. The number of nitrogens with one attached hydrogen (secondary N) is 1. The highest BCUT2D eigenvalue weighted by molar-refractivity contribution is 6.21. The molecule has 4 nitrogen and oxygen atoms in total. The molecule has 0 radical (unpaired) electrons. The van der Waals surface area contributed by atoms with Crippen molar-refractivity contribution in [2.75, 3.05) is 25.0 Å². The average molecular weight is 297 g/mol. The Morgan fingerprint density at radius 1 is 1.40 bits per heavy atom. The fourth-order valence-electron chi connectivity index (χ4n) is 2.24. The quantitative estimate of drug-likeness (QED) is 0.849. The molecule has 2 atom stereocenters. The van der Waals surface area contributed by atoms with Crippen LogP contribution in [-0.4, -0.2) is 36.5 Å². The fraction of sp³-hybridized carbons (Fsp3) is 0.533. The smallest absolute Gasteiger partial charge is 0.265 e. The summed E-state index contributed by atoms with van der Waals surface area (Å²) in [5.41, 5.74) is 1.70. The van der Waals surface area contributed by atoms with E-state index in [0.717, 1.165) is 25.2 Å². The van der Waals surface area contributed by atoms with E-state index in [1.807, 2.05) is 18.2 Å². The van der Waals surface area contributed by atoms with E-state index in [1.165, 1.54) is 0 Å². The molecule has 1 aromatic carbocycles. The maximum atomic E-state index is 11.6. The first kappa shape index (κ1) is 15.1. The normalized spacial score (nSPS) is 19.2. The lowest BCUT2D eigenvalue weighted by Crippen LogP contribution is -2.34. The molecule has 110 valence electrons. The zero-order valence-electron chi connectivity index (χ0n) is 12.1. The van der Waals surface area contributed by atoms with Gasteiger partial charge in [-0.2, -0.15) is 0 Å². The number of carbonyl (C=O) groups is 1. The molecule has 0 saturated heterocycles. The first-order valence-corrected chi connectivity index (χ1v) is 7.46. The zero-order chi connectivity index (χ0) is 14.7. The molecule has 1 amide bonds. The molecule has 0 spiro atoms. The number of alkyl halides is 1. The van der Waals surface area contributed by atoms with Gasteiger partial charge in [0.2, 0.25) is 0 Å². The predicted molar refractivity (Wildman–Crippen MR) is 81.5 cm³/mol. The summed E-state index contributed by atoms with van der Waals surface area (Å²) in [6.07, 6.45) is -0.448. The maximum absolute atomic E-state index is 11.6. The summed E-state index contributed by atoms with van der Waals surface area (Å²) in [6.45, 7) is 8.71. The van der Waals surface area contributed by atoms with Crippen LogP contribution in [0, 0.1) is 0 Å². The molecule has 5 heteroatoms. The van der Waals surface area contributed by atoms with Gasteiger partial charge in [0.25, 0.3) is 5.91 Å². The Morgan fingerprint density at radius 3 is 2.75 bits per heavy atom. The summed E-state index contributed by atoms with van der Waals surface area (Å²) < 4.78 is 5.54. The van der Waals surface area contributed by atoms with E-state index in [9.17, 15) is 4.79 Å². The number of rotatable bonds is 5. The second kappa shape index (κ2) is 6.46. The van der Waals surface area contributed by atoms with E-state index in [0.29, 0.717) is 11.4 Å². The third-order valence-electron chi connectivity index (χ3n) is 3.61. The fourth-order valence-corrected chi connectivity index (χ4v) is 2.57. The van der Waals surface area contributed by atoms with Crippen LogP contribution < -0.4 is 10.1 Å². The lowest BCUT2D eigenvalue weighted by molar-refractivity contribution is -0.122. The third kappa shape index (κ3) is 3.25. The number of benzene rings is 1. The van der Waals surface area contributed by atoms with Gasteiger partial charge >= 0.3 is 0 Å². The number of amides is 1. The largest absolute Gasteiger partial charge is 0.479 e. The minimum absolute atomic E-state index is 0.101. The molecule has 1 N–H and O–H groups in total. The summed E-state index contributed by atoms with van der Waals surface area (Å²) in [5.74, 6) is 0.581. The second-order valence-corrected chi connectivity index (χ2v) is 5.49. The van der Waals surface area contributed by atoms with Gasteiger partial charge in [-0.25, -0.2) is 0 Å². The molecule has 0 fully saturated rings. The second-order valence-electron chi connectivity index (χ2n) is 4.96. The van der Waals surface area contributed by atoms with Gasteiger partial charge in [-0.05, 0) is 37.7 Å². The summed E-state index contributed by atoms with van der Waals surface area (Å²) in [5, 5.41) is 2.75. The minimum Gasteiger partial charge on any atom is -0.479 e. The van der Waals surface area contributed by atoms with Crippen molar-refractivity contribution in [3.63, 3.8) is 0 Å². The topological polar surface area (TPSA) is 41.6 Å². The van der Waals surface area contributed by atoms with Gasteiger partial charge in [-0.3, -0.25) is 4.79 Å². The molecule has 20 heavy (non-hydrogen) atoms. The maximum Gasteiger partial charge on any atom is 0.265 e. The number of anilines is 1. The molecule has 0 bridgehead atoms. The van der Waals surface area contributed by atoms with Crippen LogP contribution in [0.4, 0.5) is 5.69 Å². The Morgan fingerprint density at radius 2 is 2.10 bits per heavy atom. The Hall–Kier alpha value is -1.26. The van der Waals surface area contributed by atoms with Crippen molar-refractivity contribution in [1.82, 2.24) is 4.90 Å². The molecule has 1 heterocycles. The Kier molecular flexibility index (Phi) is 4.89.